The molecule has 0 radical (unpaired) electrons. The van der Waals surface area contributed by atoms with Crippen LogP contribution in [0.1, 0.15) is 32.6 Å². The van der Waals surface area contributed by atoms with Gasteiger partial charge in [0.2, 0.25) is 0 Å². The highest BCUT2D eigenvalue weighted by Gasteiger charge is 2.33. The number of nitrogens with one attached hydrogen (secondary N) is 1. The van der Waals surface area contributed by atoms with Crippen LogP contribution < -0.4 is 5.32 Å². The van der Waals surface area contributed by atoms with Crippen LogP contribution >= 0.6 is 0 Å². The monoisotopic (exact) mass is 281 g/mol. The molecule has 0 bridgehead atoms. The minimum atomic E-state index is 0.630. The van der Waals surface area contributed by atoms with Crippen LogP contribution in [0.4, 0.5) is 0 Å². The van der Waals surface area contributed by atoms with Crippen LogP contribution in [0.5, 0.6) is 0 Å². The van der Waals surface area contributed by atoms with Crippen LogP contribution in [0.2, 0.25) is 0 Å². The standard InChI is InChI=1S/C16H31N3O/c1-2-6-17-16(14-5-10-20-13-14)12-18-8-9-19-7-3-4-15(19)11-18/h14-17H,2-13H2,1H3. The zero-order valence-corrected chi connectivity index (χ0v) is 13.0. The molecule has 0 spiro atoms. The van der Waals surface area contributed by atoms with E-state index in [9.17, 15) is 0 Å². The van der Waals surface area contributed by atoms with Crippen molar-refractivity contribution in [3.63, 3.8) is 0 Å². The molecule has 116 valence electrons. The van der Waals surface area contributed by atoms with Crippen molar-refractivity contribution >= 4 is 0 Å². The van der Waals surface area contributed by atoms with Gasteiger partial charge < -0.3 is 10.1 Å². The van der Waals surface area contributed by atoms with E-state index in [1.54, 1.807) is 0 Å². The molecule has 3 heterocycles. The van der Waals surface area contributed by atoms with Gasteiger partial charge in [0.25, 0.3) is 0 Å². The van der Waals surface area contributed by atoms with Crippen LogP contribution in [0.15, 0.2) is 0 Å². The van der Waals surface area contributed by atoms with Crippen LogP contribution in [-0.4, -0.2) is 74.4 Å². The van der Waals surface area contributed by atoms with Crippen molar-refractivity contribution in [1.82, 2.24) is 15.1 Å². The third-order valence-electron chi connectivity index (χ3n) is 5.32. The molecular formula is C16H31N3O. The zero-order valence-electron chi connectivity index (χ0n) is 13.0. The number of fused-ring (bicyclic) bond motifs is 1. The largest absolute Gasteiger partial charge is 0.381 e. The predicted molar refractivity (Wildman–Crippen MR) is 82.0 cm³/mol. The number of nitrogens with zero attached hydrogens (tertiary/aromatic N) is 2. The second-order valence-corrected chi connectivity index (χ2v) is 6.78. The van der Waals surface area contributed by atoms with E-state index < -0.39 is 0 Å². The van der Waals surface area contributed by atoms with Gasteiger partial charge in [-0.25, -0.2) is 0 Å². The number of hydrogen-bond donors (Lipinski definition) is 1. The Morgan fingerprint density at radius 1 is 1.25 bits per heavy atom. The second kappa shape index (κ2) is 7.21. The summed E-state index contributed by atoms with van der Waals surface area (Å²) in [6.45, 7) is 11.7. The van der Waals surface area contributed by atoms with Gasteiger partial charge in [0.05, 0.1) is 6.61 Å². The molecule has 20 heavy (non-hydrogen) atoms. The average Bonchev–Trinajstić information content (AvgIpc) is 3.13. The van der Waals surface area contributed by atoms with E-state index in [1.807, 2.05) is 0 Å². The van der Waals surface area contributed by atoms with Gasteiger partial charge in [-0.05, 0) is 38.8 Å². The molecule has 0 saturated carbocycles. The molecule has 3 fully saturated rings. The Kier molecular flexibility index (Phi) is 5.32. The summed E-state index contributed by atoms with van der Waals surface area (Å²) in [5.74, 6) is 0.725. The number of piperazine rings is 1. The van der Waals surface area contributed by atoms with Crippen LogP contribution in [0.25, 0.3) is 0 Å². The lowest BCUT2D eigenvalue weighted by atomic mass is 9.97. The summed E-state index contributed by atoms with van der Waals surface area (Å²) in [6, 6.07) is 1.47. The Hall–Kier alpha value is -0.160. The van der Waals surface area contributed by atoms with Gasteiger partial charge in [-0.2, -0.15) is 0 Å². The molecule has 0 aliphatic carbocycles. The van der Waals surface area contributed by atoms with E-state index >= 15 is 0 Å². The summed E-state index contributed by atoms with van der Waals surface area (Å²) in [5, 5.41) is 3.78. The molecule has 3 rings (SSSR count). The molecule has 3 aliphatic rings. The molecule has 3 aliphatic heterocycles. The molecule has 3 saturated heterocycles. The quantitative estimate of drug-likeness (QED) is 0.791. The van der Waals surface area contributed by atoms with Crippen LogP contribution in [-0.2, 0) is 4.74 Å². The molecule has 1 N–H and O–H groups in total. The maximum Gasteiger partial charge on any atom is 0.0510 e. The van der Waals surface area contributed by atoms with Gasteiger partial charge >= 0.3 is 0 Å². The lowest BCUT2D eigenvalue weighted by Crippen LogP contribution is -2.54. The molecule has 0 amide bonds. The SMILES string of the molecule is CCCNC(CN1CCN2CCCC2C1)C1CCOC1. The third-order valence-corrected chi connectivity index (χ3v) is 5.32. The van der Waals surface area contributed by atoms with E-state index in [1.165, 1.54) is 58.4 Å². The maximum atomic E-state index is 5.61. The smallest absolute Gasteiger partial charge is 0.0510 e. The molecule has 0 aromatic rings. The second-order valence-electron chi connectivity index (χ2n) is 6.78. The fraction of sp³-hybridized carbons (Fsp3) is 1.00. The van der Waals surface area contributed by atoms with E-state index in [0.29, 0.717) is 6.04 Å². The molecule has 0 aromatic carbocycles. The summed E-state index contributed by atoms with van der Waals surface area (Å²) in [7, 11) is 0. The summed E-state index contributed by atoms with van der Waals surface area (Å²) in [6.07, 6.45) is 5.29. The van der Waals surface area contributed by atoms with Crippen molar-refractivity contribution < 1.29 is 4.74 Å². The maximum absolute atomic E-state index is 5.61. The first-order chi connectivity index (χ1) is 9.86. The van der Waals surface area contributed by atoms with E-state index in [4.69, 9.17) is 4.74 Å². The molecule has 3 atom stereocenters. The van der Waals surface area contributed by atoms with Crippen molar-refractivity contribution in [2.75, 3.05) is 52.5 Å². The first-order valence-electron chi connectivity index (χ1n) is 8.64. The molecule has 3 unspecified atom stereocenters. The van der Waals surface area contributed by atoms with E-state index in [0.717, 1.165) is 31.7 Å². The van der Waals surface area contributed by atoms with Crippen LogP contribution in [0, 0.1) is 5.92 Å². The highest BCUT2D eigenvalue weighted by Crippen LogP contribution is 2.23. The Morgan fingerprint density at radius 3 is 3.00 bits per heavy atom. The van der Waals surface area contributed by atoms with E-state index in [2.05, 4.69) is 22.0 Å². The molecule has 0 aromatic heterocycles. The van der Waals surface area contributed by atoms with Crippen molar-refractivity contribution in [1.29, 1.82) is 0 Å². The van der Waals surface area contributed by atoms with Gasteiger partial charge in [-0.15, -0.1) is 0 Å². The number of hydrogen-bond acceptors (Lipinski definition) is 4. The fourth-order valence-electron chi connectivity index (χ4n) is 4.08. The van der Waals surface area contributed by atoms with Gasteiger partial charge in [-0.3, -0.25) is 9.80 Å². The first kappa shape index (κ1) is 14.8. The van der Waals surface area contributed by atoms with Crippen molar-refractivity contribution in [2.45, 2.75) is 44.7 Å². The number of rotatable bonds is 6. The Balaban J connectivity index is 1.52. The zero-order chi connectivity index (χ0) is 13.8. The fourth-order valence-corrected chi connectivity index (χ4v) is 4.08. The summed E-state index contributed by atoms with van der Waals surface area (Å²) < 4.78 is 5.61. The Labute approximate surface area is 123 Å². The van der Waals surface area contributed by atoms with Crippen LogP contribution in [0.3, 0.4) is 0 Å². The lowest BCUT2D eigenvalue weighted by molar-refractivity contribution is 0.0865. The minimum absolute atomic E-state index is 0.630. The minimum Gasteiger partial charge on any atom is -0.381 e. The Bertz CT molecular complexity index is 293. The third kappa shape index (κ3) is 3.53. The number of ether oxygens (including phenoxy) is 1. The lowest BCUT2D eigenvalue weighted by Gasteiger charge is -2.40. The Morgan fingerprint density at radius 2 is 2.20 bits per heavy atom. The van der Waals surface area contributed by atoms with E-state index in [-0.39, 0.29) is 0 Å². The summed E-state index contributed by atoms with van der Waals surface area (Å²) >= 11 is 0. The average molecular weight is 281 g/mol. The molecule has 4 heteroatoms. The first-order valence-corrected chi connectivity index (χ1v) is 8.64. The van der Waals surface area contributed by atoms with Crippen molar-refractivity contribution in [2.24, 2.45) is 5.92 Å². The summed E-state index contributed by atoms with van der Waals surface area (Å²) in [5.41, 5.74) is 0. The summed E-state index contributed by atoms with van der Waals surface area (Å²) in [4.78, 5) is 5.40. The van der Waals surface area contributed by atoms with Gasteiger partial charge in [0.15, 0.2) is 0 Å². The predicted octanol–water partition coefficient (Wildman–Crippen LogP) is 1.17. The van der Waals surface area contributed by atoms with Gasteiger partial charge in [0.1, 0.15) is 0 Å². The highest BCUT2D eigenvalue weighted by atomic mass is 16.5. The topological polar surface area (TPSA) is 27.7 Å². The van der Waals surface area contributed by atoms with Gasteiger partial charge in [-0.1, -0.05) is 6.92 Å². The van der Waals surface area contributed by atoms with Crippen molar-refractivity contribution in [3.8, 4) is 0 Å². The van der Waals surface area contributed by atoms with Gasteiger partial charge in [0, 0.05) is 50.8 Å². The normalized spacial score (nSPS) is 33.5. The highest BCUT2D eigenvalue weighted by molar-refractivity contribution is 4.90. The molecule has 4 nitrogen and oxygen atoms in total. The van der Waals surface area contributed by atoms with Crippen molar-refractivity contribution in [3.05, 3.63) is 0 Å². The molecular weight excluding hydrogens is 250 g/mol.